The zero-order valence-electron chi connectivity index (χ0n) is 26.1. The molecule has 9 nitrogen and oxygen atoms in total. The number of hydrogen-bond donors (Lipinski definition) is 1. The average Bonchev–Trinajstić information content (AvgIpc) is 3.40. The molecule has 4 atom stereocenters. The Hall–Kier alpha value is -3.99. The zero-order valence-corrected chi connectivity index (χ0v) is 26.1. The van der Waals surface area contributed by atoms with Crippen molar-refractivity contribution in [3.05, 3.63) is 52.2 Å². The van der Waals surface area contributed by atoms with Gasteiger partial charge >= 0.3 is 12.2 Å². The first-order chi connectivity index (χ1) is 21.7. The molecule has 1 amide bonds. The summed E-state index contributed by atoms with van der Waals surface area (Å²) in [7, 11) is 1.99. The van der Waals surface area contributed by atoms with E-state index in [9.17, 15) is 27.6 Å². The Morgan fingerprint density at radius 1 is 1.22 bits per heavy atom. The van der Waals surface area contributed by atoms with E-state index in [0.717, 1.165) is 25.5 Å². The number of alkyl halides is 3. The Morgan fingerprint density at radius 3 is 2.59 bits per heavy atom. The van der Waals surface area contributed by atoms with Gasteiger partial charge in [-0.3, -0.25) is 4.79 Å². The maximum absolute atomic E-state index is 15.6. The fraction of sp³-hybridized carbons (Fsp3) is 0.562. The van der Waals surface area contributed by atoms with Crippen molar-refractivity contribution in [3.8, 4) is 12.1 Å². The first-order valence-electron chi connectivity index (χ1n) is 15.4. The van der Waals surface area contributed by atoms with Crippen LogP contribution in [0.1, 0.15) is 60.1 Å². The number of nitriles is 1. The molecule has 2 saturated heterocycles. The minimum absolute atomic E-state index is 0.0175. The lowest BCUT2D eigenvalue weighted by Gasteiger charge is -2.42. The van der Waals surface area contributed by atoms with Crippen LogP contribution in [0.3, 0.4) is 0 Å². The molecule has 0 bridgehead atoms. The third-order valence-corrected chi connectivity index (χ3v) is 9.53. The zero-order chi connectivity index (χ0) is 33.5. The number of amides is 1. The number of aryl methyl sites for hydroxylation is 1. The number of carbonyl (C=O) groups excluding carboxylic acids is 1. The lowest BCUT2D eigenvalue weighted by molar-refractivity contribution is -0.139. The highest BCUT2D eigenvalue weighted by molar-refractivity contribution is 5.91. The predicted octanol–water partition coefficient (Wildman–Crippen LogP) is 4.93. The van der Waals surface area contributed by atoms with Crippen molar-refractivity contribution in [1.82, 2.24) is 19.8 Å². The van der Waals surface area contributed by atoms with E-state index in [4.69, 9.17) is 15.5 Å². The highest BCUT2D eigenvalue weighted by Gasteiger charge is 2.43. The summed E-state index contributed by atoms with van der Waals surface area (Å²) in [4.78, 5) is 27.2. The average molecular weight is 648 g/mol. The van der Waals surface area contributed by atoms with E-state index < -0.39 is 52.7 Å². The van der Waals surface area contributed by atoms with Gasteiger partial charge in [-0.25, -0.2) is 8.78 Å². The van der Waals surface area contributed by atoms with Crippen molar-refractivity contribution >= 4 is 17.4 Å². The van der Waals surface area contributed by atoms with Crippen LogP contribution in [0.15, 0.2) is 18.5 Å². The first kappa shape index (κ1) is 33.4. The predicted molar refractivity (Wildman–Crippen MR) is 161 cm³/mol. The van der Waals surface area contributed by atoms with Crippen LogP contribution in [0.2, 0.25) is 0 Å². The van der Waals surface area contributed by atoms with Crippen molar-refractivity contribution in [3.63, 3.8) is 0 Å². The van der Waals surface area contributed by atoms with Gasteiger partial charge in [0.05, 0.1) is 35.5 Å². The number of likely N-dealkylation sites (N-methyl/N-ethyl adjacent to an activating group) is 1. The Balaban J connectivity index is 1.56. The summed E-state index contributed by atoms with van der Waals surface area (Å²) in [5.41, 5.74) is 4.96. The number of nitrogen functional groups attached to an aromatic ring is 1. The molecule has 2 fully saturated rings. The third-order valence-electron chi connectivity index (χ3n) is 9.53. The monoisotopic (exact) mass is 647 g/mol. The molecule has 14 heteroatoms. The summed E-state index contributed by atoms with van der Waals surface area (Å²) in [5, 5.41) is 9.47. The fourth-order valence-corrected chi connectivity index (χ4v) is 7.14. The van der Waals surface area contributed by atoms with E-state index in [1.807, 2.05) is 11.9 Å². The van der Waals surface area contributed by atoms with Crippen LogP contribution in [0, 0.1) is 30.0 Å². The van der Waals surface area contributed by atoms with Gasteiger partial charge in [0.15, 0.2) is 5.83 Å². The largest absolute Gasteiger partial charge is 0.462 e. The number of carbonyl (C=O) groups is 1. The van der Waals surface area contributed by atoms with Gasteiger partial charge in [-0.15, -0.1) is 0 Å². The summed E-state index contributed by atoms with van der Waals surface area (Å²) >= 11 is 0. The van der Waals surface area contributed by atoms with Gasteiger partial charge in [-0.05, 0) is 69.7 Å². The van der Waals surface area contributed by atoms with E-state index in [-0.39, 0.29) is 62.2 Å². The molecule has 0 spiro atoms. The van der Waals surface area contributed by atoms with Gasteiger partial charge in [0.1, 0.15) is 18.2 Å². The Kier molecular flexibility index (Phi) is 9.45. The second-order valence-corrected chi connectivity index (χ2v) is 12.6. The van der Waals surface area contributed by atoms with Crippen molar-refractivity contribution in [2.45, 2.75) is 70.1 Å². The molecule has 1 aromatic carbocycles. The van der Waals surface area contributed by atoms with Gasteiger partial charge < -0.3 is 25.2 Å². The number of nitrogens with two attached hydrogens (primary N) is 1. The number of aromatic nitrogens is 2. The van der Waals surface area contributed by atoms with Gasteiger partial charge in [-0.2, -0.15) is 28.4 Å². The number of halogens is 5. The van der Waals surface area contributed by atoms with Crippen LogP contribution in [-0.2, 0) is 23.8 Å². The lowest BCUT2D eigenvalue weighted by atomic mass is 9.73. The van der Waals surface area contributed by atoms with Crippen LogP contribution in [0.5, 0.6) is 6.01 Å². The van der Waals surface area contributed by atoms with E-state index >= 15 is 4.39 Å². The van der Waals surface area contributed by atoms with E-state index in [2.05, 4.69) is 22.5 Å². The van der Waals surface area contributed by atoms with Crippen molar-refractivity contribution < 1.29 is 31.5 Å². The fourth-order valence-electron chi connectivity index (χ4n) is 7.14. The molecule has 3 aliphatic rings. The molecule has 0 saturated carbocycles. The number of ether oxygens (including phenoxy) is 1. The summed E-state index contributed by atoms with van der Waals surface area (Å²) in [6.45, 7) is 7.86. The summed E-state index contributed by atoms with van der Waals surface area (Å²) < 4.78 is 78.5. The van der Waals surface area contributed by atoms with Crippen LogP contribution >= 0.6 is 0 Å². The minimum atomic E-state index is -4.80. The molecule has 0 unspecified atom stereocenters. The van der Waals surface area contributed by atoms with Crippen molar-refractivity contribution in [2.24, 2.45) is 5.92 Å². The molecule has 46 heavy (non-hydrogen) atoms. The molecule has 3 heterocycles. The SMILES string of the molecule is C=C(F)C(=O)N1CCN(c2nc(OC[C@@H]3CCCN3C)nc3c2C[C@@H](C)[C@H](c2c(F)c(N)cc(C)c2C(F)(F)F)C3)C[C@H]1CC#N. The van der Waals surface area contributed by atoms with E-state index in [0.29, 0.717) is 23.7 Å². The molecule has 5 rings (SSSR count). The van der Waals surface area contributed by atoms with E-state index in [1.165, 1.54) is 11.8 Å². The number of piperazine rings is 1. The molecule has 2 N–H and O–H groups in total. The highest BCUT2D eigenvalue weighted by Crippen LogP contribution is 2.47. The molecule has 1 aliphatic carbocycles. The number of benzene rings is 1. The molecular weight excluding hydrogens is 609 g/mol. The summed E-state index contributed by atoms with van der Waals surface area (Å²) in [6, 6.07) is 2.58. The Morgan fingerprint density at radius 2 is 1.96 bits per heavy atom. The summed E-state index contributed by atoms with van der Waals surface area (Å²) in [6.07, 6.45) is -2.71. The Labute approximate surface area is 264 Å². The number of hydrogen-bond acceptors (Lipinski definition) is 8. The smallest absolute Gasteiger partial charge is 0.417 e. The second-order valence-electron chi connectivity index (χ2n) is 12.6. The quantitative estimate of drug-likeness (QED) is 0.256. The number of nitrogens with zero attached hydrogens (tertiary/aromatic N) is 6. The number of anilines is 2. The topological polar surface area (TPSA) is 112 Å². The Bertz CT molecular complexity index is 1560. The van der Waals surface area contributed by atoms with Crippen molar-refractivity contribution in [1.29, 1.82) is 5.26 Å². The van der Waals surface area contributed by atoms with E-state index in [1.54, 1.807) is 6.92 Å². The molecule has 248 valence electrons. The molecular formula is C32H38F5N7O2. The van der Waals surface area contributed by atoms with Crippen LogP contribution in [-0.4, -0.2) is 77.6 Å². The normalized spacial score (nSPS) is 23.6. The number of rotatable bonds is 7. The van der Waals surface area contributed by atoms with Crippen LogP contribution in [0.25, 0.3) is 0 Å². The molecule has 0 radical (unpaired) electrons. The first-order valence-corrected chi connectivity index (χ1v) is 15.4. The highest BCUT2D eigenvalue weighted by atomic mass is 19.4. The standard InChI is InChI=1S/C32H38F5N7O2/c1-17-12-23-25(14-22(17)26-27(32(35,36)37)18(2)13-24(39)28(26)34)40-31(46-16-21-6-5-9-42(21)4)41-29(23)43-10-11-44(30(45)19(3)33)20(15-43)7-8-38/h13,17,20-22H,3,5-7,9-12,14-16,39H2,1-2,4H3/t17-,20-,21+,22-/m1/s1. The molecule has 2 aliphatic heterocycles. The van der Waals surface area contributed by atoms with Gasteiger partial charge in [0, 0.05) is 36.8 Å². The minimum Gasteiger partial charge on any atom is -0.462 e. The maximum atomic E-state index is 15.6. The summed E-state index contributed by atoms with van der Waals surface area (Å²) in [5.74, 6) is -3.96. The van der Waals surface area contributed by atoms with Crippen LogP contribution in [0.4, 0.5) is 33.5 Å². The molecule has 2 aromatic rings. The lowest BCUT2D eigenvalue weighted by Crippen LogP contribution is -2.55. The maximum Gasteiger partial charge on any atom is 0.417 e. The number of fused-ring (bicyclic) bond motifs is 1. The third kappa shape index (κ3) is 6.47. The van der Waals surface area contributed by atoms with Gasteiger partial charge in [0.2, 0.25) is 0 Å². The second kappa shape index (κ2) is 13.0. The van der Waals surface area contributed by atoms with Gasteiger partial charge in [-0.1, -0.05) is 13.5 Å². The van der Waals surface area contributed by atoms with Crippen LogP contribution < -0.4 is 15.4 Å². The molecule has 1 aromatic heterocycles. The van der Waals surface area contributed by atoms with Gasteiger partial charge in [0.25, 0.3) is 5.91 Å². The number of likely N-dealkylation sites (tertiary alicyclic amines) is 1. The van der Waals surface area contributed by atoms with Crippen molar-refractivity contribution in [2.75, 3.05) is 50.5 Å².